The highest BCUT2D eigenvalue weighted by Crippen LogP contribution is 2.82. The zero-order valence-electron chi connectivity index (χ0n) is 23.6. The van der Waals surface area contributed by atoms with Crippen LogP contribution in [0.25, 0.3) is 0 Å². The van der Waals surface area contributed by atoms with Crippen molar-refractivity contribution in [2.24, 2.45) is 51.8 Å². The van der Waals surface area contributed by atoms with Crippen molar-refractivity contribution < 1.29 is 19.0 Å². The Morgan fingerprint density at radius 2 is 1.74 bits per heavy atom. The molecule has 5 saturated carbocycles. The minimum atomic E-state index is -0.195. The van der Waals surface area contributed by atoms with E-state index >= 15 is 0 Å². The highest BCUT2D eigenvalue weighted by molar-refractivity contribution is 5.66. The van der Waals surface area contributed by atoms with Crippen LogP contribution in [0.4, 0.5) is 0 Å². The van der Waals surface area contributed by atoms with Crippen LogP contribution in [-0.4, -0.2) is 36.5 Å². The van der Waals surface area contributed by atoms with E-state index in [1.54, 1.807) is 6.92 Å². The summed E-state index contributed by atoms with van der Waals surface area (Å²) in [6.07, 6.45) is 12.1. The zero-order chi connectivity index (χ0) is 25.2. The second-order valence-corrected chi connectivity index (χ2v) is 15.0. The van der Waals surface area contributed by atoms with E-state index in [1.165, 1.54) is 51.4 Å². The lowest BCUT2D eigenvalue weighted by molar-refractivity contribution is -0.166. The average molecular weight is 487 g/mol. The van der Waals surface area contributed by atoms with Crippen LogP contribution in [0.5, 0.6) is 0 Å². The van der Waals surface area contributed by atoms with Gasteiger partial charge in [0.15, 0.2) is 0 Å². The minimum Gasteiger partial charge on any atom is -0.462 e. The van der Waals surface area contributed by atoms with Crippen LogP contribution in [0.2, 0.25) is 0 Å². The summed E-state index contributed by atoms with van der Waals surface area (Å²) in [5, 5.41) is 0. The number of rotatable bonds is 6. The fraction of sp³-hybridized carbons (Fsp3) is 0.968. The van der Waals surface area contributed by atoms with Crippen molar-refractivity contribution in [1.29, 1.82) is 0 Å². The number of hydrogen-bond donors (Lipinski definition) is 0. The third-order valence-corrected chi connectivity index (χ3v) is 13.7. The van der Waals surface area contributed by atoms with Crippen LogP contribution in [0, 0.1) is 51.8 Å². The monoisotopic (exact) mass is 486 g/mol. The Bertz CT molecular complexity index is 898. The first-order valence-corrected chi connectivity index (χ1v) is 14.7. The molecule has 12 atom stereocenters. The van der Waals surface area contributed by atoms with Gasteiger partial charge < -0.3 is 14.2 Å². The number of fused-ring (bicyclic) bond motifs is 4. The number of methoxy groups -OCH3 is 1. The summed E-state index contributed by atoms with van der Waals surface area (Å²) >= 11 is 0. The van der Waals surface area contributed by atoms with Crippen molar-refractivity contribution in [2.75, 3.05) is 7.11 Å². The first-order valence-electron chi connectivity index (χ1n) is 14.7. The summed E-state index contributed by atoms with van der Waals surface area (Å²) in [5.74, 6) is 4.18. The van der Waals surface area contributed by atoms with Crippen molar-refractivity contribution in [3.05, 3.63) is 0 Å². The predicted octanol–water partition coefficient (Wildman–Crippen LogP) is 6.80. The van der Waals surface area contributed by atoms with Gasteiger partial charge in [0.25, 0.3) is 0 Å². The van der Waals surface area contributed by atoms with Crippen molar-refractivity contribution in [2.45, 2.75) is 130 Å². The molecule has 4 nitrogen and oxygen atoms in total. The first kappa shape index (κ1) is 24.7. The van der Waals surface area contributed by atoms with E-state index < -0.39 is 0 Å². The molecular weight excluding hydrogens is 436 g/mol. The Balaban J connectivity index is 1.25. The molecule has 0 amide bonds. The number of hydrogen-bond acceptors (Lipinski definition) is 4. The first-order chi connectivity index (χ1) is 16.3. The molecule has 6 fully saturated rings. The Morgan fingerprint density at radius 3 is 2.34 bits per heavy atom. The summed E-state index contributed by atoms with van der Waals surface area (Å²) < 4.78 is 18.5. The third kappa shape index (κ3) is 3.14. The van der Waals surface area contributed by atoms with Crippen molar-refractivity contribution in [1.82, 2.24) is 0 Å². The molecule has 1 spiro atoms. The van der Waals surface area contributed by atoms with Crippen LogP contribution < -0.4 is 0 Å². The number of ether oxygens (including phenoxy) is 3. The van der Waals surface area contributed by atoms with E-state index in [4.69, 9.17) is 14.2 Å². The van der Waals surface area contributed by atoms with Gasteiger partial charge in [-0.05, 0) is 118 Å². The fourth-order valence-electron chi connectivity index (χ4n) is 11.5. The molecular formula is C31H50O4. The number of esters is 1. The van der Waals surface area contributed by atoms with Crippen LogP contribution in [-0.2, 0) is 19.0 Å². The average Bonchev–Trinajstić information content (AvgIpc) is 3.50. The van der Waals surface area contributed by atoms with E-state index in [2.05, 4.69) is 41.5 Å². The van der Waals surface area contributed by atoms with Crippen LogP contribution in [0.15, 0.2) is 0 Å². The van der Waals surface area contributed by atoms with Gasteiger partial charge in [0, 0.05) is 25.9 Å². The summed E-state index contributed by atoms with van der Waals surface area (Å²) in [6.45, 7) is 15.7. The lowest BCUT2D eigenvalue weighted by Gasteiger charge is -2.61. The molecule has 6 aliphatic rings. The Morgan fingerprint density at radius 1 is 1.03 bits per heavy atom. The van der Waals surface area contributed by atoms with Crippen LogP contribution >= 0.6 is 0 Å². The van der Waals surface area contributed by atoms with Crippen molar-refractivity contribution in [3.8, 4) is 0 Å². The van der Waals surface area contributed by atoms with Crippen molar-refractivity contribution in [3.63, 3.8) is 0 Å². The number of carbonyl (C=O) groups is 1. The van der Waals surface area contributed by atoms with Gasteiger partial charge in [0.1, 0.15) is 6.10 Å². The van der Waals surface area contributed by atoms with E-state index in [-0.39, 0.29) is 23.3 Å². The summed E-state index contributed by atoms with van der Waals surface area (Å²) in [7, 11) is 1.99. The molecule has 0 radical (unpaired) electrons. The van der Waals surface area contributed by atoms with Gasteiger partial charge in [0.05, 0.1) is 17.3 Å². The molecule has 0 aromatic heterocycles. The molecule has 4 heteroatoms. The third-order valence-electron chi connectivity index (χ3n) is 13.7. The highest BCUT2D eigenvalue weighted by Gasteiger charge is 2.77. The highest BCUT2D eigenvalue weighted by atomic mass is 16.6. The molecule has 1 saturated heterocycles. The molecule has 0 aromatic rings. The molecule has 0 aromatic carbocycles. The SMILES string of the molecule is CO[C@@H]1C[C@H]2[C@@H]3CC[C@H]([C@H](C)[C@H](C[C@]4(C)OC4(C)C)OC(C)=O)[C@@]3(C)CC[C@@H]2[C@@]2(C)CC[C@@H]3C[C@]312. The van der Waals surface area contributed by atoms with E-state index in [9.17, 15) is 4.79 Å². The Hall–Kier alpha value is -0.610. The number of epoxide rings is 1. The van der Waals surface area contributed by atoms with E-state index in [0.717, 1.165) is 30.1 Å². The normalized spacial score (nSPS) is 54.6. The lowest BCUT2D eigenvalue weighted by atomic mass is 9.45. The predicted molar refractivity (Wildman–Crippen MR) is 137 cm³/mol. The molecule has 0 unspecified atom stereocenters. The van der Waals surface area contributed by atoms with Gasteiger partial charge in [-0.25, -0.2) is 0 Å². The van der Waals surface area contributed by atoms with Gasteiger partial charge in [-0.2, -0.15) is 0 Å². The van der Waals surface area contributed by atoms with Crippen molar-refractivity contribution >= 4 is 5.97 Å². The quantitative estimate of drug-likeness (QED) is 0.306. The largest absolute Gasteiger partial charge is 0.462 e. The number of carbonyl (C=O) groups excluding carboxylic acids is 1. The maximum absolute atomic E-state index is 12.2. The molecule has 5 aliphatic carbocycles. The topological polar surface area (TPSA) is 48.1 Å². The standard InChI is InChI=1S/C31H50O4/c1-18(25(34-19(2)32)17-30(7)27(3,4)35-30)22-9-10-23-21-15-26(33-8)31-16-20(31)11-14-29(31,6)24(21)12-13-28(22,23)5/h18,20-26H,9-17H2,1-8H3/t18-,20+,21-,22+,23-,24-,25-,26+,28+,29+,30-,31-/m0/s1. The van der Waals surface area contributed by atoms with Gasteiger partial charge in [-0.15, -0.1) is 0 Å². The van der Waals surface area contributed by atoms with Crippen LogP contribution in [0.1, 0.15) is 106 Å². The molecule has 1 aliphatic heterocycles. The molecule has 198 valence electrons. The second kappa shape index (κ2) is 7.49. The van der Waals surface area contributed by atoms with E-state index in [1.807, 2.05) is 7.11 Å². The van der Waals surface area contributed by atoms with Gasteiger partial charge in [-0.3, -0.25) is 4.79 Å². The molecule has 35 heavy (non-hydrogen) atoms. The Labute approximate surface area is 213 Å². The molecule has 0 N–H and O–H groups in total. The summed E-state index contributed by atoms with van der Waals surface area (Å²) in [6, 6.07) is 0. The van der Waals surface area contributed by atoms with Gasteiger partial charge >= 0.3 is 5.97 Å². The maximum Gasteiger partial charge on any atom is 0.302 e. The minimum absolute atomic E-state index is 0.0708. The van der Waals surface area contributed by atoms with E-state index in [0.29, 0.717) is 34.2 Å². The van der Waals surface area contributed by atoms with Crippen LogP contribution in [0.3, 0.4) is 0 Å². The van der Waals surface area contributed by atoms with Gasteiger partial charge in [-0.1, -0.05) is 20.8 Å². The molecule has 6 rings (SSSR count). The second-order valence-electron chi connectivity index (χ2n) is 15.0. The summed E-state index contributed by atoms with van der Waals surface area (Å²) in [5.41, 5.74) is 0.987. The zero-order valence-corrected chi connectivity index (χ0v) is 23.6. The lowest BCUT2D eigenvalue weighted by Crippen LogP contribution is -2.57. The summed E-state index contributed by atoms with van der Waals surface area (Å²) in [4.78, 5) is 12.2. The maximum atomic E-state index is 12.2. The fourth-order valence-corrected chi connectivity index (χ4v) is 11.5. The molecule has 1 heterocycles. The smallest absolute Gasteiger partial charge is 0.302 e. The molecule has 0 bridgehead atoms. The Kier molecular flexibility index (Phi) is 5.29. The van der Waals surface area contributed by atoms with Gasteiger partial charge in [0.2, 0.25) is 0 Å².